The molecule has 0 unspecified atom stereocenters. The van der Waals surface area contributed by atoms with Crippen molar-refractivity contribution in [1.82, 2.24) is 19.7 Å². The van der Waals surface area contributed by atoms with E-state index in [0.717, 1.165) is 53.5 Å². The molecule has 0 bridgehead atoms. The minimum atomic E-state index is -0.108. The van der Waals surface area contributed by atoms with Gasteiger partial charge in [-0.15, -0.1) is 5.10 Å². The highest BCUT2D eigenvalue weighted by molar-refractivity contribution is 5.66. The molecule has 7 heteroatoms. The van der Waals surface area contributed by atoms with E-state index in [2.05, 4.69) is 51.6 Å². The van der Waals surface area contributed by atoms with Gasteiger partial charge in [-0.1, -0.05) is 47.7 Å². The van der Waals surface area contributed by atoms with E-state index in [1.807, 2.05) is 35.0 Å². The van der Waals surface area contributed by atoms with Gasteiger partial charge in [0.05, 0.1) is 12.1 Å². The molecule has 0 N–H and O–H groups in total. The van der Waals surface area contributed by atoms with Gasteiger partial charge in [0.25, 0.3) is 0 Å². The van der Waals surface area contributed by atoms with Crippen LogP contribution in [0.4, 0.5) is 0 Å². The average molecular weight is 414 g/mol. The van der Waals surface area contributed by atoms with Gasteiger partial charge in [0.2, 0.25) is 6.79 Å². The Kier molecular flexibility index (Phi) is 4.55. The lowest BCUT2D eigenvalue weighted by Crippen LogP contribution is -2.38. The van der Waals surface area contributed by atoms with Crippen LogP contribution in [0.5, 0.6) is 11.5 Å². The quantitative estimate of drug-likeness (QED) is 0.508. The molecule has 2 aromatic heterocycles. The van der Waals surface area contributed by atoms with Crippen molar-refractivity contribution < 1.29 is 14.2 Å². The smallest absolute Gasteiger partial charge is 0.231 e. The summed E-state index contributed by atoms with van der Waals surface area (Å²) in [6.45, 7) is 3.43. The Morgan fingerprint density at radius 3 is 2.77 bits per heavy atom. The molecule has 0 radical (unpaired) electrons. The Morgan fingerprint density at radius 2 is 1.84 bits per heavy atom. The van der Waals surface area contributed by atoms with Crippen LogP contribution in [0.15, 0.2) is 66.9 Å². The number of ether oxygens (including phenoxy) is 3. The molecule has 0 spiro atoms. The number of hydrogen-bond donors (Lipinski definition) is 0. The normalized spacial score (nSPS) is 18.5. The second-order valence-corrected chi connectivity index (χ2v) is 7.87. The highest BCUT2D eigenvalue weighted by atomic mass is 16.7. The summed E-state index contributed by atoms with van der Waals surface area (Å²) in [4.78, 5) is 2.38. The minimum Gasteiger partial charge on any atom is -0.454 e. The van der Waals surface area contributed by atoms with E-state index in [4.69, 9.17) is 14.2 Å². The number of hydrogen-bond acceptors (Lipinski definition) is 6. The Hall–Kier alpha value is -3.42. The molecule has 0 saturated carbocycles. The lowest BCUT2D eigenvalue weighted by molar-refractivity contribution is -0.0343. The van der Waals surface area contributed by atoms with Crippen molar-refractivity contribution in [3.05, 3.63) is 78.1 Å². The molecule has 4 heterocycles. The lowest BCUT2D eigenvalue weighted by atomic mass is 10.1. The standard InChI is InChI=1S/C24H22N4O3/c1-2-4-18(5-3-1)19-7-8-20-24(25-26-28(20)14-19)23-15-27(10-11-29-23)13-17-6-9-21-22(12-17)31-16-30-21/h1-9,12,14,23H,10-11,13,15-16H2/t23-/m0/s1. The molecule has 2 aliphatic heterocycles. The Labute approximate surface area is 179 Å². The SMILES string of the molecule is c1ccc(-c2ccc3c([C@@H]4CN(Cc5ccc6c(c5)OCO6)CCO4)nnn3c2)cc1. The Balaban J connectivity index is 1.21. The van der Waals surface area contributed by atoms with Crippen molar-refractivity contribution >= 4 is 5.52 Å². The summed E-state index contributed by atoms with van der Waals surface area (Å²) in [5.41, 5.74) is 5.33. The third-order valence-corrected chi connectivity index (χ3v) is 5.85. The number of pyridine rings is 1. The maximum absolute atomic E-state index is 6.09. The van der Waals surface area contributed by atoms with E-state index in [9.17, 15) is 0 Å². The molecular weight excluding hydrogens is 392 g/mol. The van der Waals surface area contributed by atoms with Crippen molar-refractivity contribution in [2.75, 3.05) is 26.5 Å². The van der Waals surface area contributed by atoms with Crippen molar-refractivity contribution in [3.63, 3.8) is 0 Å². The molecule has 7 nitrogen and oxygen atoms in total. The maximum atomic E-state index is 6.09. The van der Waals surface area contributed by atoms with E-state index in [0.29, 0.717) is 13.4 Å². The van der Waals surface area contributed by atoms with Gasteiger partial charge < -0.3 is 14.2 Å². The summed E-state index contributed by atoms with van der Waals surface area (Å²) in [5, 5.41) is 8.83. The molecular formula is C24H22N4O3. The Bertz CT molecular complexity index is 1220. The van der Waals surface area contributed by atoms with E-state index in [-0.39, 0.29) is 6.10 Å². The van der Waals surface area contributed by atoms with E-state index in [1.165, 1.54) is 5.56 Å². The largest absolute Gasteiger partial charge is 0.454 e. The summed E-state index contributed by atoms with van der Waals surface area (Å²) in [7, 11) is 0. The molecule has 1 fully saturated rings. The van der Waals surface area contributed by atoms with Crippen molar-refractivity contribution in [2.24, 2.45) is 0 Å². The fourth-order valence-electron chi connectivity index (χ4n) is 4.25. The Morgan fingerprint density at radius 1 is 0.935 bits per heavy atom. The zero-order valence-corrected chi connectivity index (χ0v) is 17.0. The van der Waals surface area contributed by atoms with Gasteiger partial charge in [0.15, 0.2) is 11.5 Å². The van der Waals surface area contributed by atoms with Crippen LogP contribution < -0.4 is 9.47 Å². The molecule has 6 rings (SSSR count). The van der Waals surface area contributed by atoms with E-state index >= 15 is 0 Å². The van der Waals surface area contributed by atoms with Gasteiger partial charge in [-0.3, -0.25) is 4.90 Å². The summed E-state index contributed by atoms with van der Waals surface area (Å²) in [6, 6.07) is 20.6. The summed E-state index contributed by atoms with van der Waals surface area (Å²) in [6.07, 6.45) is 1.91. The van der Waals surface area contributed by atoms with Gasteiger partial charge in [-0.05, 0) is 29.3 Å². The van der Waals surface area contributed by atoms with Crippen LogP contribution in [0.25, 0.3) is 16.6 Å². The molecule has 156 valence electrons. The molecule has 2 aliphatic rings. The highest BCUT2D eigenvalue weighted by Crippen LogP contribution is 2.33. The van der Waals surface area contributed by atoms with Crippen molar-refractivity contribution in [3.8, 4) is 22.6 Å². The summed E-state index contributed by atoms with van der Waals surface area (Å²) in [5.74, 6) is 1.63. The van der Waals surface area contributed by atoms with E-state index < -0.39 is 0 Å². The highest BCUT2D eigenvalue weighted by Gasteiger charge is 2.26. The van der Waals surface area contributed by atoms with Crippen LogP contribution in [-0.2, 0) is 11.3 Å². The predicted octanol–water partition coefficient (Wildman–Crippen LogP) is 3.70. The maximum Gasteiger partial charge on any atom is 0.231 e. The first-order valence-corrected chi connectivity index (χ1v) is 10.5. The van der Waals surface area contributed by atoms with Crippen LogP contribution in [-0.4, -0.2) is 46.2 Å². The summed E-state index contributed by atoms with van der Waals surface area (Å²) < 4.78 is 18.9. The topological polar surface area (TPSA) is 61.1 Å². The number of fused-ring (bicyclic) bond motifs is 2. The van der Waals surface area contributed by atoms with Gasteiger partial charge >= 0.3 is 0 Å². The zero-order chi connectivity index (χ0) is 20.6. The van der Waals surface area contributed by atoms with Crippen LogP contribution in [0.1, 0.15) is 17.4 Å². The van der Waals surface area contributed by atoms with Gasteiger partial charge in [0, 0.05) is 31.4 Å². The van der Waals surface area contributed by atoms with Crippen molar-refractivity contribution in [2.45, 2.75) is 12.6 Å². The second-order valence-electron chi connectivity index (χ2n) is 7.87. The molecule has 1 atom stereocenters. The van der Waals surface area contributed by atoms with Crippen LogP contribution in [0, 0.1) is 0 Å². The monoisotopic (exact) mass is 414 g/mol. The van der Waals surface area contributed by atoms with Crippen LogP contribution in [0.3, 0.4) is 0 Å². The van der Waals surface area contributed by atoms with E-state index in [1.54, 1.807) is 0 Å². The number of nitrogens with zero attached hydrogens (tertiary/aromatic N) is 4. The summed E-state index contributed by atoms with van der Waals surface area (Å²) >= 11 is 0. The molecule has 0 aliphatic carbocycles. The van der Waals surface area contributed by atoms with Crippen LogP contribution >= 0.6 is 0 Å². The lowest BCUT2D eigenvalue weighted by Gasteiger charge is -2.32. The molecule has 4 aromatic rings. The third-order valence-electron chi connectivity index (χ3n) is 5.85. The first-order chi connectivity index (χ1) is 15.3. The number of benzene rings is 2. The van der Waals surface area contributed by atoms with Gasteiger partial charge in [0.1, 0.15) is 11.8 Å². The number of rotatable bonds is 4. The van der Waals surface area contributed by atoms with Gasteiger partial charge in [-0.2, -0.15) is 0 Å². The van der Waals surface area contributed by atoms with Crippen LogP contribution in [0.2, 0.25) is 0 Å². The zero-order valence-electron chi connectivity index (χ0n) is 17.0. The number of morpholine rings is 1. The number of aromatic nitrogens is 3. The fraction of sp³-hybridized carbons (Fsp3) is 0.250. The minimum absolute atomic E-state index is 0.108. The van der Waals surface area contributed by atoms with Gasteiger partial charge in [-0.25, -0.2) is 4.52 Å². The third kappa shape index (κ3) is 3.52. The molecule has 1 saturated heterocycles. The average Bonchev–Trinajstić information content (AvgIpc) is 3.46. The molecule has 2 aromatic carbocycles. The van der Waals surface area contributed by atoms with Crippen molar-refractivity contribution in [1.29, 1.82) is 0 Å². The molecule has 31 heavy (non-hydrogen) atoms. The first kappa shape index (κ1) is 18.4. The molecule has 0 amide bonds. The predicted molar refractivity (Wildman–Crippen MR) is 115 cm³/mol. The fourth-order valence-corrected chi connectivity index (χ4v) is 4.25. The second kappa shape index (κ2) is 7.68. The first-order valence-electron chi connectivity index (χ1n) is 10.5.